The number of nitrogens with zero attached hydrogens (tertiary/aromatic N) is 4. The summed E-state index contributed by atoms with van der Waals surface area (Å²) in [5.41, 5.74) is 3.65. The van der Waals surface area contributed by atoms with Crippen molar-refractivity contribution in [1.82, 2.24) is 19.5 Å². The van der Waals surface area contributed by atoms with E-state index in [0.717, 1.165) is 43.9 Å². The molecule has 3 aromatic rings. The summed E-state index contributed by atoms with van der Waals surface area (Å²) in [5, 5.41) is 4.56. The number of halogens is 1. The van der Waals surface area contributed by atoms with Gasteiger partial charge < -0.3 is 9.64 Å². The second-order valence-corrected chi connectivity index (χ2v) is 7.58. The Balaban J connectivity index is 1.47. The van der Waals surface area contributed by atoms with Gasteiger partial charge in [0.15, 0.2) is 5.65 Å². The molecule has 1 amide bonds. The lowest BCUT2D eigenvalue weighted by Gasteiger charge is -2.37. The smallest absolute Gasteiger partial charge is 0.274 e. The molecule has 2 fully saturated rings. The van der Waals surface area contributed by atoms with Crippen molar-refractivity contribution >= 4 is 11.6 Å². The van der Waals surface area contributed by atoms with Crippen molar-refractivity contribution in [2.45, 2.75) is 13.3 Å². The predicted octanol–water partition coefficient (Wildman–Crippen LogP) is 2.71. The topological polar surface area (TPSA) is 59.7 Å². The number of carbonyl (C=O) groups is 1. The molecule has 138 valence electrons. The number of imidazole rings is 1. The van der Waals surface area contributed by atoms with Crippen LogP contribution in [0.5, 0.6) is 0 Å². The van der Waals surface area contributed by atoms with Crippen LogP contribution in [-0.4, -0.2) is 51.7 Å². The largest absolute Gasteiger partial charge is 0.380 e. The summed E-state index contributed by atoms with van der Waals surface area (Å²) in [4.78, 5) is 19.3. The van der Waals surface area contributed by atoms with Crippen LogP contribution in [0.25, 0.3) is 16.9 Å². The van der Waals surface area contributed by atoms with Crippen molar-refractivity contribution in [3.8, 4) is 11.3 Å². The minimum Gasteiger partial charge on any atom is -0.380 e. The molecule has 1 aromatic carbocycles. The molecule has 0 bridgehead atoms. The monoisotopic (exact) mass is 366 g/mol. The van der Waals surface area contributed by atoms with Crippen molar-refractivity contribution in [1.29, 1.82) is 0 Å². The Hall–Kier alpha value is -2.80. The van der Waals surface area contributed by atoms with Crippen LogP contribution in [0.1, 0.15) is 22.5 Å². The van der Waals surface area contributed by atoms with Crippen molar-refractivity contribution in [3.05, 3.63) is 53.6 Å². The van der Waals surface area contributed by atoms with Crippen LogP contribution >= 0.6 is 0 Å². The van der Waals surface area contributed by atoms with Gasteiger partial charge in [-0.25, -0.2) is 13.9 Å². The van der Waals surface area contributed by atoms with Gasteiger partial charge in [0.1, 0.15) is 11.5 Å². The van der Waals surface area contributed by atoms with E-state index in [1.165, 1.54) is 12.1 Å². The van der Waals surface area contributed by atoms with Crippen LogP contribution in [-0.2, 0) is 4.74 Å². The fraction of sp³-hybridized carbons (Fsp3) is 0.350. The van der Waals surface area contributed by atoms with Gasteiger partial charge in [-0.1, -0.05) is 0 Å². The van der Waals surface area contributed by atoms with Gasteiger partial charge in [0.2, 0.25) is 0 Å². The molecule has 2 aliphatic heterocycles. The molecule has 0 atom stereocenters. The summed E-state index contributed by atoms with van der Waals surface area (Å²) in [6, 6.07) is 8.10. The van der Waals surface area contributed by atoms with E-state index >= 15 is 0 Å². The number of carbonyl (C=O) groups excluding carboxylic acids is 1. The molecule has 0 N–H and O–H groups in total. The van der Waals surface area contributed by atoms with Crippen molar-refractivity contribution in [2.75, 3.05) is 26.3 Å². The average molecular weight is 366 g/mol. The highest BCUT2D eigenvalue weighted by atomic mass is 19.1. The fourth-order valence-electron chi connectivity index (χ4n) is 3.89. The van der Waals surface area contributed by atoms with Gasteiger partial charge in [-0.05, 0) is 49.2 Å². The number of aromatic nitrogens is 3. The van der Waals surface area contributed by atoms with Gasteiger partial charge in [0.25, 0.3) is 5.91 Å². The molecule has 0 radical (unpaired) electrons. The summed E-state index contributed by atoms with van der Waals surface area (Å²) in [6.07, 6.45) is 2.66. The zero-order valence-corrected chi connectivity index (χ0v) is 15.0. The van der Waals surface area contributed by atoms with E-state index in [0.29, 0.717) is 17.0 Å². The summed E-state index contributed by atoms with van der Waals surface area (Å²) in [6.45, 7) is 4.88. The van der Waals surface area contributed by atoms with Crippen molar-refractivity contribution in [3.63, 3.8) is 0 Å². The number of aryl methyl sites for hydroxylation is 1. The van der Waals surface area contributed by atoms with Gasteiger partial charge in [-0.2, -0.15) is 5.10 Å². The molecule has 6 nitrogen and oxygen atoms in total. The second kappa shape index (κ2) is 5.85. The summed E-state index contributed by atoms with van der Waals surface area (Å²) >= 11 is 0. The lowest BCUT2D eigenvalue weighted by molar-refractivity contribution is -0.103. The third kappa shape index (κ3) is 2.70. The van der Waals surface area contributed by atoms with Crippen LogP contribution in [0, 0.1) is 18.2 Å². The lowest BCUT2D eigenvalue weighted by Crippen LogP contribution is -2.45. The van der Waals surface area contributed by atoms with Gasteiger partial charge in [-0.15, -0.1) is 0 Å². The van der Waals surface area contributed by atoms with Crippen LogP contribution < -0.4 is 0 Å². The average Bonchev–Trinajstić information content (AvgIpc) is 3.26. The van der Waals surface area contributed by atoms with Crippen LogP contribution in [0.4, 0.5) is 4.39 Å². The molecule has 4 heterocycles. The number of likely N-dealkylation sites (tertiary alicyclic amines) is 1. The first-order valence-corrected chi connectivity index (χ1v) is 9.03. The molecule has 2 aromatic heterocycles. The maximum Gasteiger partial charge on any atom is 0.274 e. The number of hydrogen-bond acceptors (Lipinski definition) is 4. The SMILES string of the molecule is Cc1cc(-c2ccc(F)cc2)nn2cc(C(=O)N3CCC4(COC4)C3)nc12. The Morgan fingerprint density at radius 3 is 2.70 bits per heavy atom. The minimum absolute atomic E-state index is 0.0630. The summed E-state index contributed by atoms with van der Waals surface area (Å²) in [7, 11) is 0. The zero-order chi connectivity index (χ0) is 18.6. The highest BCUT2D eigenvalue weighted by molar-refractivity contribution is 5.93. The number of benzene rings is 1. The van der Waals surface area contributed by atoms with Crippen LogP contribution in [0.15, 0.2) is 36.5 Å². The quantitative estimate of drug-likeness (QED) is 0.700. The van der Waals surface area contributed by atoms with E-state index in [4.69, 9.17) is 4.74 Å². The third-order valence-electron chi connectivity index (χ3n) is 5.51. The Morgan fingerprint density at radius 2 is 2.04 bits per heavy atom. The first-order chi connectivity index (χ1) is 13.0. The van der Waals surface area contributed by atoms with Gasteiger partial charge in [0.05, 0.1) is 25.1 Å². The Kier molecular flexibility index (Phi) is 3.55. The number of ether oxygens (including phenoxy) is 1. The second-order valence-electron chi connectivity index (χ2n) is 7.58. The molecule has 2 aliphatic rings. The molecule has 0 aliphatic carbocycles. The first-order valence-electron chi connectivity index (χ1n) is 9.03. The van der Waals surface area contributed by atoms with E-state index in [9.17, 15) is 9.18 Å². The van der Waals surface area contributed by atoms with E-state index in [-0.39, 0.29) is 17.1 Å². The molecular weight excluding hydrogens is 347 g/mol. The standard InChI is InChI=1S/C20H19FN4O2/c1-13-8-16(14-2-4-15(21)5-3-14)23-25-9-17(22-18(13)25)19(26)24-7-6-20(10-24)11-27-12-20/h2-5,8-9H,6-7,10-12H2,1H3. The molecule has 2 saturated heterocycles. The van der Waals surface area contributed by atoms with Gasteiger partial charge in [-0.3, -0.25) is 4.79 Å². The number of hydrogen-bond donors (Lipinski definition) is 0. The van der Waals surface area contributed by atoms with Gasteiger partial charge >= 0.3 is 0 Å². The zero-order valence-electron chi connectivity index (χ0n) is 15.0. The molecular formula is C20H19FN4O2. The molecule has 0 unspecified atom stereocenters. The lowest BCUT2D eigenvalue weighted by atomic mass is 9.85. The van der Waals surface area contributed by atoms with Crippen LogP contribution in [0.2, 0.25) is 0 Å². The molecule has 1 spiro atoms. The normalized spacial score (nSPS) is 18.2. The predicted molar refractivity (Wildman–Crippen MR) is 96.9 cm³/mol. The number of amides is 1. The van der Waals surface area contributed by atoms with Crippen LogP contribution in [0.3, 0.4) is 0 Å². The van der Waals surface area contributed by atoms with E-state index in [1.807, 2.05) is 17.9 Å². The molecule has 27 heavy (non-hydrogen) atoms. The number of fused-ring (bicyclic) bond motifs is 1. The Bertz CT molecular complexity index is 1040. The van der Waals surface area contributed by atoms with E-state index in [1.54, 1.807) is 22.8 Å². The Labute approximate surface area is 155 Å². The van der Waals surface area contributed by atoms with E-state index < -0.39 is 0 Å². The third-order valence-corrected chi connectivity index (χ3v) is 5.51. The fourth-order valence-corrected chi connectivity index (χ4v) is 3.89. The first kappa shape index (κ1) is 16.4. The van der Waals surface area contributed by atoms with Crippen molar-refractivity contribution in [2.24, 2.45) is 5.41 Å². The highest BCUT2D eigenvalue weighted by Gasteiger charge is 2.46. The van der Waals surface area contributed by atoms with E-state index in [2.05, 4.69) is 10.1 Å². The maximum absolute atomic E-state index is 13.2. The van der Waals surface area contributed by atoms with Crippen molar-refractivity contribution < 1.29 is 13.9 Å². The molecule has 5 rings (SSSR count). The Morgan fingerprint density at radius 1 is 1.26 bits per heavy atom. The minimum atomic E-state index is -0.285. The summed E-state index contributed by atoms with van der Waals surface area (Å²) < 4.78 is 20.1. The summed E-state index contributed by atoms with van der Waals surface area (Å²) in [5.74, 6) is -0.348. The molecule has 0 saturated carbocycles. The van der Waals surface area contributed by atoms with Gasteiger partial charge in [0, 0.05) is 24.1 Å². The molecule has 7 heteroatoms. The highest BCUT2D eigenvalue weighted by Crippen LogP contribution is 2.37. The maximum atomic E-state index is 13.2. The number of rotatable bonds is 2.